The van der Waals surface area contributed by atoms with Crippen molar-refractivity contribution in [3.8, 4) is 0 Å². The van der Waals surface area contributed by atoms with Crippen molar-refractivity contribution in [1.29, 1.82) is 0 Å². The summed E-state index contributed by atoms with van der Waals surface area (Å²) in [4.78, 5) is 0. The Labute approximate surface area is 63.1 Å². The van der Waals surface area contributed by atoms with Crippen LogP contribution in [0.4, 0.5) is 0 Å². The lowest BCUT2D eigenvalue weighted by Gasteiger charge is -1.97. The number of aliphatic hydroxyl groups is 1. The van der Waals surface area contributed by atoms with Gasteiger partial charge in [0.2, 0.25) is 11.3 Å². The molecule has 0 saturated carbocycles. The van der Waals surface area contributed by atoms with Crippen LogP contribution in [0.2, 0.25) is 0 Å². The van der Waals surface area contributed by atoms with Gasteiger partial charge >= 0.3 is 0 Å². The van der Waals surface area contributed by atoms with Crippen molar-refractivity contribution in [1.82, 2.24) is 4.72 Å². The Hall–Kier alpha value is 0.0300. The molecule has 1 unspecified atom stereocenters. The summed E-state index contributed by atoms with van der Waals surface area (Å²) >= 11 is -1.88. The van der Waals surface area contributed by atoms with Crippen LogP contribution in [0, 0.1) is 0 Å². The fraction of sp³-hybridized carbons (Fsp3) is 1.00. The van der Waals surface area contributed by atoms with Gasteiger partial charge in [-0.15, -0.1) is 0 Å². The highest BCUT2D eigenvalue weighted by Gasteiger charge is 1.90. The van der Waals surface area contributed by atoms with Gasteiger partial charge in [0.25, 0.3) is 0 Å². The lowest BCUT2D eigenvalue weighted by molar-refractivity contribution is 0.283. The first-order valence-electron chi connectivity index (χ1n) is 3.22. The van der Waals surface area contributed by atoms with Gasteiger partial charge in [-0.05, 0) is 19.3 Å². The van der Waals surface area contributed by atoms with Gasteiger partial charge in [-0.3, -0.25) is 4.55 Å². The molecule has 0 spiro atoms. The van der Waals surface area contributed by atoms with Crippen LogP contribution in [0.15, 0.2) is 0 Å². The monoisotopic (exact) mass is 167 g/mol. The summed E-state index contributed by atoms with van der Waals surface area (Å²) < 4.78 is 20.6. The van der Waals surface area contributed by atoms with Gasteiger partial charge in [0, 0.05) is 13.2 Å². The third kappa shape index (κ3) is 8.03. The first kappa shape index (κ1) is 10.0. The number of rotatable bonds is 6. The highest BCUT2D eigenvalue weighted by molar-refractivity contribution is 7.77. The van der Waals surface area contributed by atoms with Crippen LogP contribution >= 0.6 is 0 Å². The van der Waals surface area contributed by atoms with Crippen LogP contribution < -0.4 is 4.72 Å². The van der Waals surface area contributed by atoms with E-state index in [0.717, 1.165) is 19.3 Å². The molecule has 0 rings (SSSR count). The molecule has 0 amide bonds. The number of nitrogens with one attached hydrogen (secondary N) is 1. The van der Waals surface area contributed by atoms with Crippen molar-refractivity contribution in [2.45, 2.75) is 19.3 Å². The van der Waals surface area contributed by atoms with Crippen LogP contribution in [0.5, 0.6) is 0 Å². The quantitative estimate of drug-likeness (QED) is 0.381. The third-order valence-corrected chi connectivity index (χ3v) is 1.51. The van der Waals surface area contributed by atoms with Crippen molar-refractivity contribution < 1.29 is 13.9 Å². The van der Waals surface area contributed by atoms with E-state index in [9.17, 15) is 4.21 Å². The second kappa shape index (κ2) is 7.14. The molecular weight excluding hydrogens is 154 g/mol. The number of hydrogen-bond acceptors (Lipinski definition) is 2. The van der Waals surface area contributed by atoms with Gasteiger partial charge in [0.05, 0.1) is 0 Å². The van der Waals surface area contributed by atoms with Crippen molar-refractivity contribution >= 4 is 11.3 Å². The molecule has 0 aromatic heterocycles. The molecule has 5 heteroatoms. The predicted octanol–water partition coefficient (Wildman–Crippen LogP) is -0.125. The molecule has 0 radical (unpaired) electrons. The molecule has 0 saturated heterocycles. The molecule has 0 aromatic carbocycles. The van der Waals surface area contributed by atoms with E-state index >= 15 is 0 Å². The van der Waals surface area contributed by atoms with E-state index in [2.05, 4.69) is 4.72 Å². The predicted molar refractivity (Wildman–Crippen MR) is 39.7 cm³/mol. The van der Waals surface area contributed by atoms with E-state index in [0.29, 0.717) is 6.54 Å². The molecule has 3 N–H and O–H groups in total. The zero-order valence-electron chi connectivity index (χ0n) is 5.75. The molecule has 1 atom stereocenters. The molecule has 0 heterocycles. The van der Waals surface area contributed by atoms with Crippen LogP contribution in [-0.2, 0) is 11.3 Å². The summed E-state index contributed by atoms with van der Waals surface area (Å²) in [6, 6.07) is 0. The minimum atomic E-state index is -1.88. The topological polar surface area (TPSA) is 69.6 Å². The average Bonchev–Trinajstić information content (AvgIpc) is 1.87. The second-order valence-corrected chi connectivity index (χ2v) is 2.71. The maximum Gasteiger partial charge on any atom is 0.231 e. The maximum absolute atomic E-state index is 9.98. The van der Waals surface area contributed by atoms with Crippen molar-refractivity contribution in [3.63, 3.8) is 0 Å². The van der Waals surface area contributed by atoms with Crippen molar-refractivity contribution in [2.24, 2.45) is 0 Å². The molecule has 0 fully saturated rings. The molecule has 4 nitrogen and oxygen atoms in total. The Balaban J connectivity index is 2.84. The van der Waals surface area contributed by atoms with Gasteiger partial charge in [0.1, 0.15) is 0 Å². The Morgan fingerprint density at radius 2 is 2.00 bits per heavy atom. The minimum Gasteiger partial charge on any atom is -0.396 e. The van der Waals surface area contributed by atoms with Crippen LogP contribution in [-0.4, -0.2) is 27.0 Å². The molecule has 0 aliphatic carbocycles. The van der Waals surface area contributed by atoms with Crippen molar-refractivity contribution in [2.75, 3.05) is 13.2 Å². The largest absolute Gasteiger partial charge is 0.396 e. The zero-order valence-corrected chi connectivity index (χ0v) is 6.56. The summed E-state index contributed by atoms with van der Waals surface area (Å²) in [5, 5.41) is 8.34. The summed E-state index contributed by atoms with van der Waals surface area (Å²) in [6.07, 6.45) is 2.48. The smallest absolute Gasteiger partial charge is 0.231 e. The fourth-order valence-electron chi connectivity index (χ4n) is 0.573. The average molecular weight is 167 g/mol. The molecule has 0 bridgehead atoms. The molecule has 0 aromatic rings. The third-order valence-electron chi connectivity index (χ3n) is 1.06. The van der Waals surface area contributed by atoms with Gasteiger partial charge in [-0.1, -0.05) is 0 Å². The number of hydrogen-bond donors (Lipinski definition) is 3. The highest BCUT2D eigenvalue weighted by Crippen LogP contribution is 1.91. The molecule has 0 aliphatic rings. The number of unbranched alkanes of at least 4 members (excludes halogenated alkanes) is 2. The van der Waals surface area contributed by atoms with Crippen LogP contribution in [0.25, 0.3) is 0 Å². The standard InChI is InChI=1S/C5H13NO3S/c7-5-3-1-2-4-6-10(8)9/h6-7H,1-5H2,(H,8,9). The fourth-order valence-corrected chi connectivity index (χ4v) is 0.892. The minimum absolute atomic E-state index is 0.197. The van der Waals surface area contributed by atoms with E-state index in [1.165, 1.54) is 0 Å². The Kier molecular flexibility index (Phi) is 7.16. The summed E-state index contributed by atoms with van der Waals surface area (Å²) in [7, 11) is 0. The SMILES string of the molecule is O=S(O)NCCCCCO. The van der Waals surface area contributed by atoms with E-state index in [4.69, 9.17) is 9.66 Å². The van der Waals surface area contributed by atoms with Crippen LogP contribution in [0.1, 0.15) is 19.3 Å². The van der Waals surface area contributed by atoms with E-state index < -0.39 is 11.3 Å². The van der Waals surface area contributed by atoms with E-state index in [-0.39, 0.29) is 6.61 Å². The Morgan fingerprint density at radius 1 is 1.30 bits per heavy atom. The first-order valence-corrected chi connectivity index (χ1v) is 4.33. The Bertz CT molecular complexity index is 98.9. The summed E-state index contributed by atoms with van der Waals surface area (Å²) in [6.45, 7) is 0.728. The molecule has 10 heavy (non-hydrogen) atoms. The van der Waals surface area contributed by atoms with Gasteiger partial charge in [-0.2, -0.15) is 0 Å². The second-order valence-electron chi connectivity index (χ2n) is 1.93. The van der Waals surface area contributed by atoms with Crippen LogP contribution in [0.3, 0.4) is 0 Å². The molecular formula is C5H13NO3S. The number of aliphatic hydroxyl groups excluding tert-OH is 1. The van der Waals surface area contributed by atoms with Gasteiger partial charge < -0.3 is 5.11 Å². The lowest BCUT2D eigenvalue weighted by Crippen LogP contribution is -2.17. The molecule has 0 aliphatic heterocycles. The lowest BCUT2D eigenvalue weighted by atomic mass is 10.2. The molecule has 62 valence electrons. The van der Waals surface area contributed by atoms with E-state index in [1.807, 2.05) is 0 Å². The van der Waals surface area contributed by atoms with E-state index in [1.54, 1.807) is 0 Å². The summed E-state index contributed by atoms with van der Waals surface area (Å²) in [5.41, 5.74) is 0. The first-order chi connectivity index (χ1) is 4.77. The van der Waals surface area contributed by atoms with Crippen molar-refractivity contribution in [3.05, 3.63) is 0 Å². The highest BCUT2D eigenvalue weighted by atomic mass is 32.2. The summed E-state index contributed by atoms with van der Waals surface area (Å²) in [5.74, 6) is 0. The zero-order chi connectivity index (χ0) is 7.82. The van der Waals surface area contributed by atoms with Gasteiger partial charge in [-0.25, -0.2) is 8.93 Å². The maximum atomic E-state index is 9.98. The Morgan fingerprint density at radius 3 is 2.50 bits per heavy atom. The van der Waals surface area contributed by atoms with Gasteiger partial charge in [0.15, 0.2) is 0 Å². The normalized spacial score (nSPS) is 13.4.